The number of aryl methyl sites for hydroxylation is 2. The zero-order chi connectivity index (χ0) is 53.6. The van der Waals surface area contributed by atoms with E-state index in [-0.39, 0.29) is 123 Å². The van der Waals surface area contributed by atoms with E-state index in [1.807, 2.05) is 19.0 Å². The van der Waals surface area contributed by atoms with Crippen LogP contribution in [0.25, 0.3) is 0 Å². The Balaban J connectivity index is 0.00000116. The molecule has 0 radical (unpaired) electrons. The Hall–Kier alpha value is -3.84. The molecular formula is C46H64F10N8O5S6. The molecule has 13 nitrogen and oxygen atoms in total. The molecule has 0 saturated heterocycles. The van der Waals surface area contributed by atoms with Crippen LogP contribution in [0, 0.1) is 47.9 Å². The van der Waals surface area contributed by atoms with Crippen molar-refractivity contribution in [2.45, 2.75) is 101 Å². The summed E-state index contributed by atoms with van der Waals surface area (Å²) in [7, 11) is 6.97. The van der Waals surface area contributed by atoms with Crippen molar-refractivity contribution in [2.75, 3.05) is 41.3 Å². The van der Waals surface area contributed by atoms with Gasteiger partial charge < -0.3 is 37.4 Å². The van der Waals surface area contributed by atoms with Crippen molar-refractivity contribution in [3.05, 3.63) is 102 Å². The third kappa shape index (κ3) is 17.8. The van der Waals surface area contributed by atoms with Gasteiger partial charge in [-0.2, -0.15) is 80.3 Å². The number of benzene rings is 2. The number of nitrogens with zero attached hydrogens (tertiary/aromatic N) is 4. The minimum atomic E-state index is -4.44. The lowest BCUT2D eigenvalue weighted by Crippen LogP contribution is -2.43. The van der Waals surface area contributed by atoms with Crippen LogP contribution in [-0.2, 0) is 22.4 Å². The molecule has 2 aromatic heterocycles. The first-order valence-corrected chi connectivity index (χ1v) is 23.6. The highest BCUT2D eigenvalue weighted by atomic mass is 32.1. The third-order valence-corrected chi connectivity index (χ3v) is 14.9. The Kier molecular flexibility index (Phi) is 27.7. The Bertz CT molecular complexity index is 2540. The van der Waals surface area contributed by atoms with Gasteiger partial charge in [0.25, 0.3) is 11.8 Å². The number of nitrogens with one attached hydrogen (secondary N) is 1. The van der Waals surface area contributed by atoms with Gasteiger partial charge in [0.1, 0.15) is 0 Å². The zero-order valence-corrected chi connectivity index (χ0v) is 47.2. The molecule has 2 saturated carbocycles. The summed E-state index contributed by atoms with van der Waals surface area (Å²) in [5, 5.41) is 12.7. The summed E-state index contributed by atoms with van der Waals surface area (Å²) in [6, 6.07) is 4.31. The van der Waals surface area contributed by atoms with Crippen LogP contribution in [0.2, 0.25) is 0 Å². The quantitative estimate of drug-likeness (QED) is 0.0568. The van der Waals surface area contributed by atoms with Gasteiger partial charge in [0.05, 0.1) is 38.4 Å². The van der Waals surface area contributed by atoms with Crippen LogP contribution >= 0.6 is 76.7 Å². The maximum Gasteiger partial charge on any atom is 0.395 e. The van der Waals surface area contributed by atoms with E-state index >= 15 is 0 Å². The van der Waals surface area contributed by atoms with Gasteiger partial charge in [0.15, 0.2) is 23.3 Å². The predicted molar refractivity (Wildman–Crippen MR) is 287 cm³/mol. The van der Waals surface area contributed by atoms with E-state index in [1.54, 1.807) is 32.8 Å². The number of carboxylic acids is 1. The zero-order valence-electron chi connectivity index (χ0n) is 41.5. The van der Waals surface area contributed by atoms with Crippen LogP contribution in [0.4, 0.5) is 43.9 Å². The number of carbonyl (C=O) groups is 4. The van der Waals surface area contributed by atoms with Gasteiger partial charge in [0.2, 0.25) is 5.91 Å². The number of likely N-dealkylation sites (N-methyl/N-ethyl adjacent to an activating group) is 2. The number of hydrogen-bond donors (Lipinski definition) is 5. The number of rotatable bonds is 19. The summed E-state index contributed by atoms with van der Waals surface area (Å²) in [6.45, 7) is 3.71. The monoisotopic (exact) mass is 1190 g/mol. The summed E-state index contributed by atoms with van der Waals surface area (Å²) in [4.78, 5) is 58.0. The molecule has 2 heterocycles. The Morgan fingerprint density at radius 2 is 1.01 bits per heavy atom. The van der Waals surface area contributed by atoms with E-state index in [9.17, 15) is 63.1 Å². The highest BCUT2D eigenvalue weighted by Gasteiger charge is 2.68. The van der Waals surface area contributed by atoms with Crippen LogP contribution in [-0.4, -0.2) is 114 Å². The fourth-order valence-electron chi connectivity index (χ4n) is 8.10. The number of alkyl halides is 6. The van der Waals surface area contributed by atoms with Crippen LogP contribution in [0.5, 0.6) is 0 Å². The molecule has 8 N–H and O–H groups in total. The van der Waals surface area contributed by atoms with Crippen molar-refractivity contribution >= 4 is 100 Å². The van der Waals surface area contributed by atoms with Gasteiger partial charge in [-0.05, 0) is 104 Å². The highest BCUT2D eigenvalue weighted by Crippen LogP contribution is 2.67. The molecule has 2 aromatic carbocycles. The molecular weight excluding hydrogens is 1130 g/mol. The number of thiazole rings is 2. The lowest BCUT2D eigenvalue weighted by atomic mass is 9.84. The average Bonchev–Trinajstić information content (AvgIpc) is 4.18. The number of primary amides is 2. The first kappa shape index (κ1) is 71.2. The number of aliphatic carboxylic acids is 1. The molecule has 0 aliphatic heterocycles. The number of nitrogens with two attached hydrogens (primary N) is 3. The predicted octanol–water partition coefficient (Wildman–Crippen LogP) is 8.23. The van der Waals surface area contributed by atoms with Crippen molar-refractivity contribution in [1.82, 2.24) is 25.1 Å². The third-order valence-electron chi connectivity index (χ3n) is 12.8. The summed E-state index contributed by atoms with van der Waals surface area (Å²) in [6.07, 6.45) is -6.71. The van der Waals surface area contributed by atoms with Crippen LogP contribution in [0.15, 0.2) is 36.7 Å². The van der Waals surface area contributed by atoms with Gasteiger partial charge in [-0.15, -0.1) is 22.7 Å². The first-order chi connectivity index (χ1) is 32.9. The Labute approximate surface area is 463 Å². The fraction of sp³-hybridized carbons (Fsp3) is 0.522. The van der Waals surface area contributed by atoms with Crippen molar-refractivity contribution in [3.63, 3.8) is 0 Å². The maximum atomic E-state index is 14.5. The molecule has 75 heavy (non-hydrogen) atoms. The number of amides is 3. The number of aromatic nitrogens is 2. The summed E-state index contributed by atoms with van der Waals surface area (Å²) in [5.41, 5.74) is 10.9. The molecule has 0 unspecified atom stereocenters. The van der Waals surface area contributed by atoms with Gasteiger partial charge in [0, 0.05) is 65.6 Å². The molecule has 4 aromatic rings. The van der Waals surface area contributed by atoms with E-state index in [0.717, 1.165) is 28.7 Å². The summed E-state index contributed by atoms with van der Waals surface area (Å²) >= 11 is 2.29. The molecule has 29 heteroatoms. The van der Waals surface area contributed by atoms with E-state index in [4.69, 9.17) is 22.3 Å². The molecule has 6 rings (SSSR count). The van der Waals surface area contributed by atoms with Crippen LogP contribution in [0.3, 0.4) is 0 Å². The van der Waals surface area contributed by atoms with Gasteiger partial charge in [-0.3, -0.25) is 19.2 Å². The molecule has 2 aliphatic carbocycles. The normalized spacial score (nSPS) is 15.6. The SMILES string of the molecule is CN(C)[C@H](CN)Cc1ccc(C(N)=O)c(F)c1F.Cc1ncc([C@@H](CC(=O)NC[C@H](Cc2ccc(C(N)=O)c(F)c2F)N(C)C)C2(C(F)(F)F)CC2)s1.Cc1ncc([C@@H](CC(=O)O)C2(C(F)(F)F)CC2)s1.S.S.S.S. The second kappa shape index (κ2) is 29.2. The number of halogens is 10. The second-order valence-electron chi connectivity index (χ2n) is 18.0. The topological polar surface area (TPSA) is 211 Å². The molecule has 2 fully saturated rings. The molecule has 3 amide bonds. The smallest absolute Gasteiger partial charge is 0.395 e. The second-order valence-corrected chi connectivity index (χ2v) is 20.5. The average molecular weight is 1190 g/mol. The van der Waals surface area contributed by atoms with E-state index in [2.05, 4.69) is 15.3 Å². The largest absolute Gasteiger partial charge is 0.481 e. The molecule has 424 valence electrons. The summed E-state index contributed by atoms with van der Waals surface area (Å²) < 4.78 is 137. The van der Waals surface area contributed by atoms with Crippen molar-refractivity contribution < 1.29 is 68.2 Å². The number of hydrogen-bond acceptors (Lipinski definition) is 11. The lowest BCUT2D eigenvalue weighted by molar-refractivity contribution is -0.195. The lowest BCUT2D eigenvalue weighted by Gasteiger charge is -2.29. The maximum absolute atomic E-state index is 14.5. The van der Waals surface area contributed by atoms with E-state index in [1.165, 1.54) is 30.6 Å². The number of carbonyl (C=O) groups excluding carboxylic acids is 3. The molecule has 0 bridgehead atoms. The minimum Gasteiger partial charge on any atom is -0.481 e. The fourth-order valence-corrected chi connectivity index (χ4v) is 10.1. The highest BCUT2D eigenvalue weighted by molar-refractivity contribution is 7.59. The van der Waals surface area contributed by atoms with E-state index < -0.39 is 106 Å². The summed E-state index contributed by atoms with van der Waals surface area (Å²) in [5.74, 6) is -10.7. The molecule has 2 aliphatic rings. The molecule has 4 atom stereocenters. The van der Waals surface area contributed by atoms with E-state index in [0.29, 0.717) is 26.3 Å². The Morgan fingerprint density at radius 3 is 1.29 bits per heavy atom. The van der Waals surface area contributed by atoms with Crippen molar-refractivity contribution in [1.29, 1.82) is 0 Å². The molecule has 0 spiro atoms. The number of carboxylic acid groups (broad SMARTS) is 1. The van der Waals surface area contributed by atoms with Gasteiger partial charge >= 0.3 is 18.3 Å². The standard InChI is InChI=1S/C23H27F5N4O2S.C12H17F2N3O.C11H12F3NO2S.4H2S/c1-12-30-11-17(35-12)16(22(6-7-22)23(26,27)28)9-18(33)31-10-14(32(2)3)8-13-4-5-15(21(29)34)20(25)19(13)24;1-17(2)8(6-15)5-7-3-4-9(12(16)18)11(14)10(7)13;1-6-15-5-8(18-6)7(4-9(16)17)10(2-3-10)11(12,13)14;;;;/h4-5,11,14,16H,6-10H2,1-3H3,(H2,29,34)(H,31,33);3-4,8H,5-6,15H2,1-2H3,(H2,16,18);5,7H,2-4H2,1H3,(H,16,17);4*1H2/t14-,16+;8-;7-;;;;/m001..../s1. The Morgan fingerprint density at radius 1 is 0.653 bits per heavy atom. The van der Waals surface area contributed by atoms with Crippen LogP contribution < -0.4 is 22.5 Å². The van der Waals surface area contributed by atoms with Crippen LogP contribution in [0.1, 0.15) is 102 Å². The van der Waals surface area contributed by atoms with Crippen molar-refractivity contribution in [3.8, 4) is 0 Å². The minimum absolute atomic E-state index is 0. The first-order valence-electron chi connectivity index (χ1n) is 21.9. The van der Waals surface area contributed by atoms with Crippen molar-refractivity contribution in [2.24, 2.45) is 28.0 Å². The van der Waals surface area contributed by atoms with Gasteiger partial charge in [-0.1, -0.05) is 12.1 Å². The van der Waals surface area contributed by atoms with Gasteiger partial charge in [-0.25, -0.2) is 27.5 Å².